The lowest BCUT2D eigenvalue weighted by Gasteiger charge is -2.26. The molecule has 2 amide bonds. The van der Waals surface area contributed by atoms with Crippen molar-refractivity contribution < 1.29 is 14.3 Å². The Kier molecular flexibility index (Phi) is 5.50. The van der Waals surface area contributed by atoms with Gasteiger partial charge in [-0.05, 0) is 44.9 Å². The molecular formula is C22H26N6O3. The van der Waals surface area contributed by atoms with Gasteiger partial charge in [0.2, 0.25) is 11.9 Å². The molecule has 9 nitrogen and oxygen atoms in total. The zero-order valence-electron chi connectivity index (χ0n) is 17.9. The van der Waals surface area contributed by atoms with Gasteiger partial charge in [-0.2, -0.15) is 5.10 Å². The first-order valence-electron chi connectivity index (χ1n) is 10.4. The average molecular weight is 422 g/mol. The number of benzene rings is 1. The van der Waals surface area contributed by atoms with Crippen LogP contribution in [0, 0.1) is 6.92 Å². The highest BCUT2D eigenvalue weighted by Crippen LogP contribution is 2.38. The molecule has 4 rings (SSSR count). The summed E-state index contributed by atoms with van der Waals surface area (Å²) in [6.45, 7) is 6.83. The molecule has 1 atom stereocenters. The number of nitrogens with two attached hydrogens (primary N) is 1. The SMILES string of the molecule is CC/C=C/C[C@H]1COc2cc(C(N)=O)cc3nc(NC(=O)c4cc(C)nn4CC)n1c23. The van der Waals surface area contributed by atoms with Crippen LogP contribution in [0.4, 0.5) is 5.95 Å². The van der Waals surface area contributed by atoms with E-state index in [1.54, 1.807) is 22.9 Å². The van der Waals surface area contributed by atoms with E-state index in [1.165, 1.54) is 0 Å². The molecule has 3 N–H and O–H groups in total. The first-order valence-corrected chi connectivity index (χ1v) is 10.4. The molecule has 0 aliphatic carbocycles. The van der Waals surface area contributed by atoms with Gasteiger partial charge in [0, 0.05) is 12.1 Å². The fourth-order valence-corrected chi connectivity index (χ4v) is 3.88. The average Bonchev–Trinajstić information content (AvgIpc) is 3.30. The molecule has 2 aromatic heterocycles. The molecule has 3 heterocycles. The first-order chi connectivity index (χ1) is 14.9. The Hall–Kier alpha value is -3.62. The van der Waals surface area contributed by atoms with E-state index in [0.717, 1.165) is 24.1 Å². The smallest absolute Gasteiger partial charge is 0.276 e. The minimum Gasteiger partial charge on any atom is -0.489 e. The standard InChI is InChI=1S/C22H26N6O3/c1-4-6-7-8-15-12-31-18-11-14(20(23)29)10-16-19(18)28(15)22(24-16)25-21(30)17-9-13(3)26-27(17)5-2/h6-7,9-11,15H,4-5,8,12H2,1-3H3,(H2,23,29)(H,24,25,30)/b7-6+/t15-/m0/s1. The van der Waals surface area contributed by atoms with E-state index in [1.807, 2.05) is 18.4 Å². The van der Waals surface area contributed by atoms with E-state index in [9.17, 15) is 9.59 Å². The highest BCUT2D eigenvalue weighted by molar-refractivity contribution is 6.04. The third-order valence-corrected chi connectivity index (χ3v) is 5.30. The monoisotopic (exact) mass is 422 g/mol. The van der Waals surface area contributed by atoms with Crippen LogP contribution < -0.4 is 15.8 Å². The summed E-state index contributed by atoms with van der Waals surface area (Å²) < 4.78 is 9.58. The Bertz CT molecular complexity index is 1190. The van der Waals surface area contributed by atoms with Gasteiger partial charge in [-0.1, -0.05) is 19.1 Å². The number of amides is 2. The molecule has 0 saturated carbocycles. The summed E-state index contributed by atoms with van der Waals surface area (Å²) in [6, 6.07) is 4.95. The van der Waals surface area contributed by atoms with Crippen LogP contribution in [-0.4, -0.2) is 37.8 Å². The van der Waals surface area contributed by atoms with Crippen molar-refractivity contribution in [3.8, 4) is 5.75 Å². The number of nitrogens with zero attached hydrogens (tertiary/aromatic N) is 4. The van der Waals surface area contributed by atoms with Crippen LogP contribution in [0.1, 0.15) is 59.3 Å². The number of aryl methyl sites for hydroxylation is 2. The topological polar surface area (TPSA) is 117 Å². The Labute approximate surface area is 179 Å². The predicted octanol–water partition coefficient (Wildman–Crippen LogP) is 3.20. The largest absolute Gasteiger partial charge is 0.489 e. The maximum absolute atomic E-state index is 13.1. The van der Waals surface area contributed by atoms with Crippen molar-refractivity contribution in [2.24, 2.45) is 5.73 Å². The lowest BCUT2D eigenvalue weighted by atomic mass is 10.1. The number of imidazole rings is 1. The van der Waals surface area contributed by atoms with Crippen LogP contribution in [0.2, 0.25) is 0 Å². The highest BCUT2D eigenvalue weighted by atomic mass is 16.5. The quantitative estimate of drug-likeness (QED) is 0.567. The second kappa shape index (κ2) is 8.25. The Morgan fingerprint density at radius 1 is 1.29 bits per heavy atom. The van der Waals surface area contributed by atoms with Gasteiger partial charge in [-0.3, -0.25) is 24.2 Å². The number of aromatic nitrogens is 4. The molecule has 3 aromatic rings. The summed E-state index contributed by atoms with van der Waals surface area (Å²) in [5, 5.41) is 7.29. The van der Waals surface area contributed by atoms with Gasteiger partial charge in [-0.15, -0.1) is 0 Å². The number of anilines is 1. The van der Waals surface area contributed by atoms with Crippen LogP contribution >= 0.6 is 0 Å². The molecule has 1 aliphatic rings. The van der Waals surface area contributed by atoms with Crippen molar-refractivity contribution in [2.45, 2.75) is 46.2 Å². The molecule has 0 unspecified atom stereocenters. The molecule has 0 bridgehead atoms. The van der Waals surface area contributed by atoms with E-state index in [2.05, 4.69) is 34.5 Å². The molecule has 1 aliphatic heterocycles. The molecule has 0 saturated heterocycles. The van der Waals surface area contributed by atoms with E-state index in [0.29, 0.717) is 41.6 Å². The predicted molar refractivity (Wildman–Crippen MR) is 117 cm³/mol. The van der Waals surface area contributed by atoms with Crippen molar-refractivity contribution in [3.05, 3.63) is 47.3 Å². The lowest BCUT2D eigenvalue weighted by molar-refractivity contribution is 0.0995. The maximum Gasteiger partial charge on any atom is 0.276 e. The summed E-state index contributed by atoms with van der Waals surface area (Å²) in [6.07, 6.45) is 5.87. The number of primary amides is 1. The van der Waals surface area contributed by atoms with Crippen molar-refractivity contribution in [1.82, 2.24) is 19.3 Å². The van der Waals surface area contributed by atoms with Crippen LogP contribution in [0.15, 0.2) is 30.4 Å². The molecule has 162 valence electrons. The number of hydrogen-bond donors (Lipinski definition) is 2. The van der Waals surface area contributed by atoms with E-state index in [-0.39, 0.29) is 11.9 Å². The molecule has 0 radical (unpaired) electrons. The van der Waals surface area contributed by atoms with Gasteiger partial charge in [0.05, 0.1) is 17.3 Å². The number of carbonyl (C=O) groups is 2. The molecule has 0 spiro atoms. The molecular weight excluding hydrogens is 396 g/mol. The summed E-state index contributed by atoms with van der Waals surface area (Å²) in [5.41, 5.74) is 8.31. The zero-order valence-corrected chi connectivity index (χ0v) is 17.9. The number of ether oxygens (including phenoxy) is 1. The maximum atomic E-state index is 13.1. The fraction of sp³-hybridized carbons (Fsp3) is 0.364. The van der Waals surface area contributed by atoms with Crippen molar-refractivity contribution in [1.29, 1.82) is 0 Å². The normalized spacial score (nSPS) is 15.4. The van der Waals surface area contributed by atoms with Crippen LogP contribution in [0.5, 0.6) is 5.75 Å². The van der Waals surface area contributed by atoms with Gasteiger partial charge in [0.1, 0.15) is 23.6 Å². The molecule has 31 heavy (non-hydrogen) atoms. The molecule has 0 fully saturated rings. The van der Waals surface area contributed by atoms with E-state index < -0.39 is 5.91 Å². The number of nitrogens with one attached hydrogen (secondary N) is 1. The number of allylic oxidation sites excluding steroid dienone is 2. The molecule has 1 aromatic carbocycles. The third kappa shape index (κ3) is 3.78. The van der Waals surface area contributed by atoms with Crippen molar-refractivity contribution >= 4 is 28.8 Å². The van der Waals surface area contributed by atoms with Gasteiger partial charge in [-0.25, -0.2) is 4.98 Å². The number of rotatable bonds is 7. The zero-order chi connectivity index (χ0) is 22.1. The first kappa shape index (κ1) is 20.6. The number of hydrogen-bond acceptors (Lipinski definition) is 5. The summed E-state index contributed by atoms with van der Waals surface area (Å²) >= 11 is 0. The summed E-state index contributed by atoms with van der Waals surface area (Å²) in [7, 11) is 0. The Morgan fingerprint density at radius 2 is 2.10 bits per heavy atom. The molecule has 9 heteroatoms. The van der Waals surface area contributed by atoms with E-state index >= 15 is 0 Å². The van der Waals surface area contributed by atoms with Gasteiger partial charge >= 0.3 is 0 Å². The fourth-order valence-electron chi connectivity index (χ4n) is 3.88. The van der Waals surface area contributed by atoms with Gasteiger partial charge in [0.15, 0.2) is 0 Å². The van der Waals surface area contributed by atoms with Crippen molar-refractivity contribution in [3.63, 3.8) is 0 Å². The second-order valence-corrected chi connectivity index (χ2v) is 7.53. The van der Waals surface area contributed by atoms with E-state index in [4.69, 9.17) is 10.5 Å². The van der Waals surface area contributed by atoms with Gasteiger partial charge in [0.25, 0.3) is 5.91 Å². The Morgan fingerprint density at radius 3 is 2.81 bits per heavy atom. The van der Waals surface area contributed by atoms with Crippen LogP contribution in [0.3, 0.4) is 0 Å². The number of carbonyl (C=O) groups excluding carboxylic acids is 2. The summed E-state index contributed by atoms with van der Waals surface area (Å²) in [5.74, 6) is 0.0873. The highest BCUT2D eigenvalue weighted by Gasteiger charge is 2.29. The van der Waals surface area contributed by atoms with Crippen molar-refractivity contribution in [2.75, 3.05) is 11.9 Å². The Balaban J connectivity index is 1.80. The van der Waals surface area contributed by atoms with Crippen LogP contribution in [0.25, 0.3) is 11.0 Å². The third-order valence-electron chi connectivity index (χ3n) is 5.30. The minimum absolute atomic E-state index is 0.0483. The minimum atomic E-state index is -0.558. The summed E-state index contributed by atoms with van der Waals surface area (Å²) in [4.78, 5) is 29.4. The van der Waals surface area contributed by atoms with Gasteiger partial charge < -0.3 is 10.5 Å². The second-order valence-electron chi connectivity index (χ2n) is 7.53. The van der Waals surface area contributed by atoms with Crippen LogP contribution in [-0.2, 0) is 6.54 Å². The lowest BCUT2D eigenvalue weighted by Crippen LogP contribution is -2.26.